The van der Waals surface area contributed by atoms with Gasteiger partial charge in [-0.2, -0.15) is 26.3 Å². The molecule has 252 valence electrons. The first-order valence-corrected chi connectivity index (χ1v) is 15.3. The molecule has 2 heterocycles. The lowest BCUT2D eigenvalue weighted by Crippen LogP contribution is -2.32. The SMILES string of the molecule is CCOC(=O)C1CCC(c2ccc(F)c(-c3ccc(Cl)nc3CN3C(=O)O[C@H](c4cc(C(F)(F)F)cc(C(F)(F)F)c4)[C@@H]3C)c2)CC1. The van der Waals surface area contributed by atoms with Crippen molar-refractivity contribution in [3.63, 3.8) is 0 Å². The Morgan fingerprint density at radius 2 is 1.57 bits per heavy atom. The van der Waals surface area contributed by atoms with Gasteiger partial charge in [-0.3, -0.25) is 9.69 Å². The van der Waals surface area contributed by atoms with Gasteiger partial charge in [0, 0.05) is 11.1 Å². The summed E-state index contributed by atoms with van der Waals surface area (Å²) >= 11 is 6.17. The molecule has 1 saturated carbocycles. The third-order valence-electron chi connectivity index (χ3n) is 8.69. The number of amides is 1. The van der Waals surface area contributed by atoms with E-state index in [0.717, 1.165) is 10.5 Å². The molecule has 1 aliphatic heterocycles. The topological polar surface area (TPSA) is 68.7 Å². The number of alkyl halides is 6. The first kappa shape index (κ1) is 34.5. The van der Waals surface area contributed by atoms with E-state index in [1.54, 1.807) is 19.1 Å². The number of esters is 1. The Hall–Kier alpha value is -3.87. The molecule has 1 aromatic heterocycles. The molecule has 0 N–H and O–H groups in total. The first-order valence-electron chi connectivity index (χ1n) is 14.9. The molecular weight excluding hydrogens is 657 g/mol. The average Bonchev–Trinajstić information content (AvgIpc) is 3.29. The summed E-state index contributed by atoms with van der Waals surface area (Å²) in [4.78, 5) is 30.6. The van der Waals surface area contributed by atoms with Gasteiger partial charge in [0.25, 0.3) is 0 Å². The van der Waals surface area contributed by atoms with E-state index in [2.05, 4.69) is 4.98 Å². The van der Waals surface area contributed by atoms with Gasteiger partial charge in [-0.05, 0) is 99.0 Å². The third kappa shape index (κ3) is 7.50. The third-order valence-corrected chi connectivity index (χ3v) is 8.90. The summed E-state index contributed by atoms with van der Waals surface area (Å²) in [5, 5.41) is 0.0158. The number of hydrogen-bond acceptors (Lipinski definition) is 5. The van der Waals surface area contributed by atoms with Crippen LogP contribution in [0, 0.1) is 11.7 Å². The molecule has 1 aliphatic carbocycles. The van der Waals surface area contributed by atoms with Crippen molar-refractivity contribution in [2.24, 2.45) is 5.92 Å². The second-order valence-electron chi connectivity index (χ2n) is 11.7. The van der Waals surface area contributed by atoms with Gasteiger partial charge in [0.1, 0.15) is 17.1 Å². The van der Waals surface area contributed by atoms with Crippen molar-refractivity contribution in [1.29, 1.82) is 0 Å². The zero-order valence-electron chi connectivity index (χ0n) is 25.2. The number of aromatic nitrogens is 1. The van der Waals surface area contributed by atoms with Crippen LogP contribution in [0.1, 0.15) is 79.5 Å². The predicted molar refractivity (Wildman–Crippen MR) is 157 cm³/mol. The van der Waals surface area contributed by atoms with Crippen molar-refractivity contribution in [3.8, 4) is 11.1 Å². The van der Waals surface area contributed by atoms with Crippen LogP contribution in [0.25, 0.3) is 11.1 Å². The zero-order valence-corrected chi connectivity index (χ0v) is 26.0. The summed E-state index contributed by atoms with van der Waals surface area (Å²) < 4.78 is 107. The summed E-state index contributed by atoms with van der Waals surface area (Å²) in [5.41, 5.74) is -2.12. The molecule has 0 unspecified atom stereocenters. The standard InChI is InChI=1S/C33H30ClF7N2O4/c1-3-46-30(44)19-6-4-18(5-7-19)20-8-10-26(35)25(14-20)24-9-11-28(34)42-27(24)16-43-17(2)29(47-31(43)45)21-12-22(32(36,37)38)15-23(13-21)33(39,40)41/h8-15,17-19,29H,3-7,16H2,1-2H3/t17-,18?,19?,29-/m0/s1. The van der Waals surface area contributed by atoms with E-state index in [4.69, 9.17) is 21.1 Å². The minimum atomic E-state index is -5.08. The number of cyclic esters (lactones) is 1. The number of pyridine rings is 1. The number of rotatable bonds is 7. The highest BCUT2D eigenvalue weighted by Crippen LogP contribution is 2.42. The molecular formula is C33H30ClF7N2O4. The van der Waals surface area contributed by atoms with Crippen molar-refractivity contribution in [1.82, 2.24) is 9.88 Å². The van der Waals surface area contributed by atoms with Crippen LogP contribution in [0.5, 0.6) is 0 Å². The molecule has 2 aliphatic rings. The van der Waals surface area contributed by atoms with Crippen LogP contribution in [0.2, 0.25) is 5.15 Å². The van der Waals surface area contributed by atoms with Crippen molar-refractivity contribution >= 4 is 23.7 Å². The van der Waals surface area contributed by atoms with Crippen LogP contribution in [0.3, 0.4) is 0 Å². The number of carbonyl (C=O) groups excluding carboxylic acids is 2. The van der Waals surface area contributed by atoms with Gasteiger partial charge in [-0.1, -0.05) is 17.7 Å². The number of benzene rings is 2. The number of carbonyl (C=O) groups is 2. The van der Waals surface area contributed by atoms with Crippen LogP contribution in [-0.2, 0) is 33.2 Å². The van der Waals surface area contributed by atoms with Crippen molar-refractivity contribution in [2.75, 3.05) is 6.61 Å². The Labute approximate surface area is 270 Å². The lowest BCUT2D eigenvalue weighted by Gasteiger charge is -2.28. The van der Waals surface area contributed by atoms with Gasteiger partial charge < -0.3 is 9.47 Å². The smallest absolute Gasteiger partial charge is 0.416 e. The molecule has 0 spiro atoms. The molecule has 1 saturated heterocycles. The Morgan fingerprint density at radius 1 is 0.936 bits per heavy atom. The van der Waals surface area contributed by atoms with E-state index < -0.39 is 53.1 Å². The maximum Gasteiger partial charge on any atom is 0.416 e. The quantitative estimate of drug-likeness (QED) is 0.141. The minimum Gasteiger partial charge on any atom is -0.466 e. The van der Waals surface area contributed by atoms with E-state index >= 15 is 4.39 Å². The number of hydrogen-bond donors (Lipinski definition) is 0. The van der Waals surface area contributed by atoms with Crippen molar-refractivity contribution in [3.05, 3.63) is 87.4 Å². The number of halogens is 8. The predicted octanol–water partition coefficient (Wildman–Crippen LogP) is 9.50. The highest BCUT2D eigenvalue weighted by atomic mass is 35.5. The van der Waals surface area contributed by atoms with Gasteiger partial charge in [0.2, 0.25) is 0 Å². The summed E-state index contributed by atoms with van der Waals surface area (Å²) in [7, 11) is 0. The van der Waals surface area contributed by atoms with Crippen molar-refractivity contribution < 1.29 is 49.8 Å². The Bertz CT molecular complexity index is 1620. The number of nitrogens with zero attached hydrogens (tertiary/aromatic N) is 2. The molecule has 0 radical (unpaired) electrons. The minimum absolute atomic E-state index is 0.000411. The van der Waals surface area contributed by atoms with E-state index in [-0.39, 0.29) is 52.4 Å². The largest absolute Gasteiger partial charge is 0.466 e. The second-order valence-corrected chi connectivity index (χ2v) is 12.1. The summed E-state index contributed by atoms with van der Waals surface area (Å²) in [5.74, 6) is -0.960. The number of ether oxygens (including phenoxy) is 2. The molecule has 5 rings (SSSR count). The Morgan fingerprint density at radius 3 is 2.17 bits per heavy atom. The van der Waals surface area contributed by atoms with Crippen LogP contribution in [0.4, 0.5) is 35.5 Å². The van der Waals surface area contributed by atoms with Crippen LogP contribution < -0.4 is 0 Å². The van der Waals surface area contributed by atoms with Gasteiger partial charge in [0.15, 0.2) is 0 Å². The monoisotopic (exact) mass is 686 g/mol. The Balaban J connectivity index is 1.42. The fraction of sp³-hybridized carbons (Fsp3) is 0.424. The summed E-state index contributed by atoms with van der Waals surface area (Å²) in [6.07, 6.45) is -10.0. The molecule has 2 atom stereocenters. The molecule has 1 amide bonds. The van der Waals surface area contributed by atoms with Gasteiger partial charge in [0.05, 0.1) is 41.9 Å². The molecule has 2 aromatic carbocycles. The first-order chi connectivity index (χ1) is 22.1. The van der Waals surface area contributed by atoms with Crippen LogP contribution >= 0.6 is 11.6 Å². The average molecular weight is 687 g/mol. The summed E-state index contributed by atoms with van der Waals surface area (Å²) in [6, 6.07) is 7.64. The van der Waals surface area contributed by atoms with E-state index in [1.165, 1.54) is 25.1 Å². The fourth-order valence-corrected chi connectivity index (χ4v) is 6.40. The summed E-state index contributed by atoms with van der Waals surface area (Å²) in [6.45, 7) is 3.14. The maximum atomic E-state index is 15.4. The zero-order chi connectivity index (χ0) is 34.3. The molecule has 0 bridgehead atoms. The molecule has 3 aromatic rings. The fourth-order valence-electron chi connectivity index (χ4n) is 6.23. The van der Waals surface area contributed by atoms with Crippen molar-refractivity contribution in [2.45, 2.75) is 76.5 Å². The maximum absolute atomic E-state index is 15.4. The van der Waals surface area contributed by atoms with E-state index in [9.17, 15) is 35.9 Å². The highest BCUT2D eigenvalue weighted by molar-refractivity contribution is 6.29. The molecule has 6 nitrogen and oxygen atoms in total. The molecule has 2 fully saturated rings. The van der Waals surface area contributed by atoms with E-state index in [1.807, 2.05) is 0 Å². The highest BCUT2D eigenvalue weighted by Gasteiger charge is 2.43. The van der Waals surface area contributed by atoms with Gasteiger partial charge in [-0.15, -0.1) is 0 Å². The lowest BCUT2D eigenvalue weighted by molar-refractivity contribution is -0.149. The van der Waals surface area contributed by atoms with Crippen LogP contribution in [-0.4, -0.2) is 34.6 Å². The van der Waals surface area contributed by atoms with Gasteiger partial charge in [-0.25, -0.2) is 14.2 Å². The second kappa shape index (κ2) is 13.3. The molecule has 47 heavy (non-hydrogen) atoms. The lowest BCUT2D eigenvalue weighted by atomic mass is 9.78. The van der Waals surface area contributed by atoms with E-state index in [0.29, 0.717) is 44.4 Å². The normalized spacial score (nSPS) is 21.9. The molecule has 14 heteroatoms. The van der Waals surface area contributed by atoms with Crippen LogP contribution in [0.15, 0.2) is 48.5 Å². The Kier molecular flexibility index (Phi) is 9.77. The van der Waals surface area contributed by atoms with Gasteiger partial charge >= 0.3 is 24.4 Å².